The quantitative estimate of drug-likeness (QED) is 0.580. The number of piperidine rings is 1. The van der Waals surface area contributed by atoms with Crippen molar-refractivity contribution in [1.29, 1.82) is 0 Å². The minimum atomic E-state index is -0.503. The number of rotatable bonds is 7. The van der Waals surface area contributed by atoms with Crippen molar-refractivity contribution >= 4 is 17.6 Å². The number of fused-ring (bicyclic) bond motifs is 2. The van der Waals surface area contributed by atoms with Crippen molar-refractivity contribution in [2.24, 2.45) is 11.3 Å². The maximum Gasteiger partial charge on any atom is 0.258 e. The number of benzene rings is 1. The van der Waals surface area contributed by atoms with E-state index in [1.165, 1.54) is 30.9 Å². The maximum atomic E-state index is 14.3. The summed E-state index contributed by atoms with van der Waals surface area (Å²) in [6.45, 7) is 10.8. The molecule has 3 aliphatic heterocycles. The smallest absolute Gasteiger partial charge is 0.258 e. The number of carbonyl (C=O) groups excluding carboxylic acids is 2. The molecule has 1 N–H and O–H groups in total. The molecule has 6 rings (SSSR count). The highest BCUT2D eigenvalue weighted by molar-refractivity contribution is 5.97. The number of halogens is 1. The third-order valence-corrected chi connectivity index (χ3v) is 8.74. The molecule has 4 fully saturated rings. The number of ether oxygens (including phenoxy) is 1. The molecule has 39 heavy (non-hydrogen) atoms. The molecular weight excluding hydrogens is 499 g/mol. The van der Waals surface area contributed by atoms with E-state index in [1.807, 2.05) is 32.6 Å². The van der Waals surface area contributed by atoms with Crippen molar-refractivity contribution in [3.63, 3.8) is 0 Å². The lowest BCUT2D eigenvalue weighted by molar-refractivity contribution is -0.148. The zero-order chi connectivity index (χ0) is 27.5. The van der Waals surface area contributed by atoms with Crippen LogP contribution in [0.3, 0.4) is 0 Å². The first kappa shape index (κ1) is 26.0. The Kier molecular flexibility index (Phi) is 6.48. The van der Waals surface area contributed by atoms with Gasteiger partial charge in [-0.1, -0.05) is 0 Å². The minimum absolute atomic E-state index is 0.00548. The van der Waals surface area contributed by atoms with E-state index in [0.29, 0.717) is 23.5 Å². The summed E-state index contributed by atoms with van der Waals surface area (Å²) in [6, 6.07) is 4.38. The number of likely N-dealkylation sites (tertiary alicyclic amines) is 1. The number of nitrogens with one attached hydrogen (secondary N) is 1. The van der Waals surface area contributed by atoms with Gasteiger partial charge in [-0.3, -0.25) is 9.59 Å². The molecule has 3 saturated heterocycles. The van der Waals surface area contributed by atoms with E-state index in [9.17, 15) is 14.0 Å². The van der Waals surface area contributed by atoms with Crippen molar-refractivity contribution < 1.29 is 18.7 Å². The summed E-state index contributed by atoms with van der Waals surface area (Å²) < 4.78 is 20.5. The first-order valence-electron chi connectivity index (χ1n) is 14.0. The number of anilines is 1. The highest BCUT2D eigenvalue weighted by Gasteiger charge is 2.56. The molecule has 2 bridgehead atoms. The molecule has 1 spiro atoms. The fourth-order valence-electron chi connectivity index (χ4n) is 7.06. The Bertz CT molecular complexity index is 1260. The number of amides is 2. The third kappa shape index (κ3) is 4.62. The third-order valence-electron chi connectivity index (χ3n) is 8.74. The summed E-state index contributed by atoms with van der Waals surface area (Å²) in [4.78, 5) is 40.9. The Morgan fingerprint density at radius 1 is 1.10 bits per heavy atom. The van der Waals surface area contributed by atoms with Gasteiger partial charge in [0, 0.05) is 49.7 Å². The van der Waals surface area contributed by atoms with Crippen LogP contribution in [0.5, 0.6) is 11.5 Å². The Morgan fingerprint density at radius 3 is 2.49 bits per heavy atom. The molecule has 4 heterocycles. The molecule has 3 atom stereocenters. The minimum Gasteiger partial charge on any atom is -0.451 e. The van der Waals surface area contributed by atoms with Crippen molar-refractivity contribution in [1.82, 2.24) is 25.1 Å². The summed E-state index contributed by atoms with van der Waals surface area (Å²) in [5, 5.41) is 3.52. The van der Waals surface area contributed by atoms with Crippen molar-refractivity contribution in [2.45, 2.75) is 71.1 Å². The van der Waals surface area contributed by atoms with Crippen LogP contribution in [0.25, 0.3) is 0 Å². The zero-order valence-corrected chi connectivity index (χ0v) is 23.1. The number of hydrogen-bond acceptors (Lipinski definition) is 7. The van der Waals surface area contributed by atoms with Gasteiger partial charge in [0.2, 0.25) is 5.91 Å². The Morgan fingerprint density at radius 2 is 1.85 bits per heavy atom. The lowest BCUT2D eigenvalue weighted by Gasteiger charge is -2.61. The molecule has 1 aromatic heterocycles. The van der Waals surface area contributed by atoms with E-state index in [1.54, 1.807) is 11.1 Å². The van der Waals surface area contributed by atoms with Crippen molar-refractivity contribution in [3.8, 4) is 11.5 Å². The van der Waals surface area contributed by atoms with Crippen LogP contribution in [0.1, 0.15) is 57.3 Å². The molecule has 0 radical (unpaired) electrons. The lowest BCUT2D eigenvalue weighted by atomic mass is 9.72. The van der Waals surface area contributed by atoms with Gasteiger partial charge in [0.25, 0.3) is 5.91 Å². The number of carbonyl (C=O) groups is 2. The van der Waals surface area contributed by atoms with Gasteiger partial charge in [-0.15, -0.1) is 0 Å². The monoisotopic (exact) mass is 536 g/mol. The summed E-state index contributed by atoms with van der Waals surface area (Å²) >= 11 is 0. The van der Waals surface area contributed by atoms with E-state index in [2.05, 4.69) is 20.2 Å². The molecule has 2 aromatic rings. The molecule has 1 aromatic carbocycles. The Hall–Kier alpha value is -3.27. The standard InChI is InChI=1S/C29H37FN6O3/c1-17(2)36(18(3)4)27(37)22-10-20(30)6-8-23(22)39-24-11-31-16-32-26(24)34-12-29(13-34)14-35(15-29)28(38)25-19-5-7-21(9-19)33-25/h6,8,10-11,16-19,21,25,33H,5,7,9,12-15H2,1-4H3/t19-,21+,25-/m0/s1. The average molecular weight is 537 g/mol. The SMILES string of the molecule is CC(C)N(C(=O)c1cc(F)ccc1Oc1cncnc1N1CC2(CN(C(=O)[C@H]3N[C@@H]4CC[C@H]3C4)C2)C1)C(C)C. The van der Waals surface area contributed by atoms with Gasteiger partial charge in [0.1, 0.15) is 17.9 Å². The second-order valence-electron chi connectivity index (χ2n) is 12.3. The van der Waals surface area contributed by atoms with Crippen LogP contribution in [0.15, 0.2) is 30.7 Å². The van der Waals surface area contributed by atoms with Crippen LogP contribution in [0.4, 0.5) is 10.2 Å². The first-order valence-corrected chi connectivity index (χ1v) is 14.0. The van der Waals surface area contributed by atoms with Gasteiger partial charge in [0.15, 0.2) is 11.6 Å². The highest BCUT2D eigenvalue weighted by atomic mass is 19.1. The molecular formula is C29H37FN6O3. The molecule has 1 saturated carbocycles. The highest BCUT2D eigenvalue weighted by Crippen LogP contribution is 2.45. The van der Waals surface area contributed by atoms with Gasteiger partial charge in [-0.25, -0.2) is 14.4 Å². The van der Waals surface area contributed by atoms with Crippen LogP contribution in [0.2, 0.25) is 0 Å². The predicted molar refractivity (Wildman–Crippen MR) is 144 cm³/mol. The molecule has 1 aliphatic carbocycles. The summed E-state index contributed by atoms with van der Waals surface area (Å²) in [5.74, 6) is 1.25. The largest absolute Gasteiger partial charge is 0.451 e. The van der Waals surface area contributed by atoms with Gasteiger partial charge in [-0.05, 0) is 71.1 Å². The summed E-state index contributed by atoms with van der Waals surface area (Å²) in [7, 11) is 0. The second kappa shape index (κ2) is 9.73. The maximum absolute atomic E-state index is 14.3. The van der Waals surface area contributed by atoms with E-state index in [4.69, 9.17) is 4.74 Å². The fraction of sp³-hybridized carbons (Fsp3) is 0.586. The van der Waals surface area contributed by atoms with E-state index in [-0.39, 0.29) is 46.7 Å². The fourth-order valence-corrected chi connectivity index (χ4v) is 7.06. The molecule has 4 aliphatic rings. The number of aromatic nitrogens is 2. The predicted octanol–water partition coefficient (Wildman–Crippen LogP) is 3.46. The van der Waals surface area contributed by atoms with E-state index >= 15 is 0 Å². The van der Waals surface area contributed by atoms with E-state index < -0.39 is 5.82 Å². The van der Waals surface area contributed by atoms with Gasteiger partial charge in [-0.2, -0.15) is 0 Å². The molecule has 9 nitrogen and oxygen atoms in total. The topological polar surface area (TPSA) is 90.9 Å². The normalized spacial score (nSPS) is 24.7. The Labute approximate surface area is 228 Å². The van der Waals surface area contributed by atoms with Crippen LogP contribution in [-0.4, -0.2) is 81.9 Å². The number of nitrogens with zero attached hydrogens (tertiary/aromatic N) is 5. The van der Waals surface area contributed by atoms with Crippen molar-refractivity contribution in [2.75, 3.05) is 31.1 Å². The average Bonchev–Trinajstić information content (AvgIpc) is 3.47. The molecule has 10 heteroatoms. The van der Waals surface area contributed by atoms with Gasteiger partial charge in [0.05, 0.1) is 17.8 Å². The molecule has 2 amide bonds. The Balaban J connectivity index is 1.14. The van der Waals surface area contributed by atoms with Crippen molar-refractivity contribution in [3.05, 3.63) is 42.1 Å². The summed E-state index contributed by atoms with van der Waals surface area (Å²) in [5.41, 5.74) is 0.233. The second-order valence-corrected chi connectivity index (χ2v) is 12.3. The van der Waals surface area contributed by atoms with Gasteiger partial charge < -0.3 is 24.8 Å². The zero-order valence-electron chi connectivity index (χ0n) is 23.1. The van der Waals surface area contributed by atoms with Crippen LogP contribution in [0, 0.1) is 17.2 Å². The van der Waals surface area contributed by atoms with Crippen LogP contribution in [-0.2, 0) is 4.79 Å². The van der Waals surface area contributed by atoms with Crippen LogP contribution < -0.4 is 15.0 Å². The molecule has 208 valence electrons. The van der Waals surface area contributed by atoms with Crippen LogP contribution >= 0.6 is 0 Å². The lowest BCUT2D eigenvalue weighted by Crippen LogP contribution is -2.74. The summed E-state index contributed by atoms with van der Waals surface area (Å²) in [6.07, 6.45) is 6.53. The first-order chi connectivity index (χ1) is 18.6. The van der Waals surface area contributed by atoms with E-state index in [0.717, 1.165) is 39.0 Å². The van der Waals surface area contributed by atoms with Gasteiger partial charge >= 0.3 is 0 Å². The number of hydrogen-bond donors (Lipinski definition) is 1. The molecule has 0 unspecified atom stereocenters.